The molecule has 2 aliphatic carbocycles. The van der Waals surface area contributed by atoms with Crippen molar-refractivity contribution in [1.29, 1.82) is 0 Å². The van der Waals surface area contributed by atoms with E-state index in [0.29, 0.717) is 0 Å². The molecule has 0 aromatic carbocycles. The summed E-state index contributed by atoms with van der Waals surface area (Å²) < 4.78 is 6.47. The largest absolute Gasteiger partial charge is 0.408 e. The van der Waals surface area contributed by atoms with Gasteiger partial charge in [-0.05, 0) is 70.2 Å². The lowest BCUT2D eigenvalue weighted by Gasteiger charge is -2.48. The van der Waals surface area contributed by atoms with E-state index in [-0.39, 0.29) is 5.60 Å². The van der Waals surface area contributed by atoms with Crippen molar-refractivity contribution in [1.82, 2.24) is 0 Å². The highest BCUT2D eigenvalue weighted by Crippen LogP contribution is 2.46. The highest BCUT2D eigenvalue weighted by Gasteiger charge is 2.44. The minimum absolute atomic E-state index is 0.199. The summed E-state index contributed by atoms with van der Waals surface area (Å²) in [6.45, 7) is 6.95. The van der Waals surface area contributed by atoms with Gasteiger partial charge in [-0.3, -0.25) is 0 Å². The van der Waals surface area contributed by atoms with Gasteiger partial charge in [0.05, 0.1) is 5.60 Å². The summed E-state index contributed by atoms with van der Waals surface area (Å²) in [5, 5.41) is 0. The molecule has 0 radical (unpaired) electrons. The molecular weight excluding hydrogens is 200 g/mol. The number of hydrogen-bond acceptors (Lipinski definition) is 1. The molecule has 0 aliphatic heterocycles. The van der Waals surface area contributed by atoms with Crippen LogP contribution >= 0.6 is 0 Å². The predicted octanol–water partition coefficient (Wildman–Crippen LogP) is 4.26. The van der Waals surface area contributed by atoms with Crippen LogP contribution in [-0.2, 0) is 4.43 Å². The maximum absolute atomic E-state index is 6.47. The van der Waals surface area contributed by atoms with Crippen molar-refractivity contribution in [3.63, 3.8) is 0 Å². The minimum Gasteiger partial charge on any atom is -0.408 e. The van der Waals surface area contributed by atoms with Crippen LogP contribution in [0.4, 0.5) is 0 Å². The van der Waals surface area contributed by atoms with Crippen LogP contribution in [0.15, 0.2) is 11.6 Å². The molecule has 86 valence electrons. The molecule has 0 heterocycles. The van der Waals surface area contributed by atoms with Gasteiger partial charge < -0.3 is 4.43 Å². The van der Waals surface area contributed by atoms with Crippen LogP contribution in [0, 0.1) is 0 Å². The lowest BCUT2D eigenvalue weighted by Crippen LogP contribution is -2.49. The highest BCUT2D eigenvalue weighted by atomic mass is 28.4. The third-order valence-corrected chi connectivity index (χ3v) is 4.54. The summed E-state index contributed by atoms with van der Waals surface area (Å²) in [5.74, 6) is 0. The summed E-state index contributed by atoms with van der Waals surface area (Å²) >= 11 is 0. The van der Waals surface area contributed by atoms with E-state index in [1.54, 1.807) is 5.57 Å². The van der Waals surface area contributed by atoms with Gasteiger partial charge in [-0.2, -0.15) is 0 Å². The SMILES string of the molecule is C[Si](C)(C)OC1(C2=CCCCC2)CCC1. The van der Waals surface area contributed by atoms with Gasteiger partial charge in [-0.15, -0.1) is 0 Å². The summed E-state index contributed by atoms with van der Waals surface area (Å²) in [4.78, 5) is 0. The Kier molecular flexibility index (Phi) is 3.09. The molecule has 0 amide bonds. The van der Waals surface area contributed by atoms with Crippen LogP contribution in [0.1, 0.15) is 44.9 Å². The van der Waals surface area contributed by atoms with Gasteiger partial charge in [-0.25, -0.2) is 0 Å². The van der Waals surface area contributed by atoms with Gasteiger partial charge in [-0.1, -0.05) is 6.08 Å². The Labute approximate surface area is 95.0 Å². The van der Waals surface area contributed by atoms with Crippen molar-refractivity contribution in [3.05, 3.63) is 11.6 Å². The second-order valence-electron chi connectivity index (χ2n) is 6.04. The van der Waals surface area contributed by atoms with Crippen LogP contribution < -0.4 is 0 Å². The molecule has 2 rings (SSSR count). The first-order valence-corrected chi connectivity index (χ1v) is 9.82. The molecule has 0 bridgehead atoms. The molecule has 1 nitrogen and oxygen atoms in total. The molecule has 2 heteroatoms. The Morgan fingerprint density at radius 1 is 1.13 bits per heavy atom. The standard InChI is InChI=1S/C13H24OSi/c1-15(2,3)14-13(10-7-11-13)12-8-5-4-6-9-12/h8H,4-7,9-11H2,1-3H3. The number of allylic oxidation sites excluding steroid dienone is 1. The number of rotatable bonds is 3. The summed E-state index contributed by atoms with van der Waals surface area (Å²) in [6, 6.07) is 0. The maximum atomic E-state index is 6.47. The van der Waals surface area contributed by atoms with Crippen molar-refractivity contribution in [2.45, 2.75) is 70.2 Å². The Bertz CT molecular complexity index is 258. The van der Waals surface area contributed by atoms with Crippen LogP contribution in [0.3, 0.4) is 0 Å². The van der Waals surface area contributed by atoms with Gasteiger partial charge in [0.2, 0.25) is 0 Å². The highest BCUT2D eigenvalue weighted by molar-refractivity contribution is 6.69. The molecule has 0 spiro atoms. The summed E-state index contributed by atoms with van der Waals surface area (Å²) in [7, 11) is -1.39. The van der Waals surface area contributed by atoms with Crippen LogP contribution in [0.25, 0.3) is 0 Å². The molecule has 2 aliphatic rings. The average molecular weight is 224 g/mol. The molecule has 0 aromatic rings. The fourth-order valence-electron chi connectivity index (χ4n) is 2.82. The predicted molar refractivity (Wildman–Crippen MR) is 67.6 cm³/mol. The molecule has 1 saturated carbocycles. The topological polar surface area (TPSA) is 9.23 Å². The monoisotopic (exact) mass is 224 g/mol. The third kappa shape index (κ3) is 2.54. The Morgan fingerprint density at radius 2 is 1.87 bits per heavy atom. The van der Waals surface area contributed by atoms with Crippen molar-refractivity contribution in [3.8, 4) is 0 Å². The van der Waals surface area contributed by atoms with Gasteiger partial charge in [0.25, 0.3) is 0 Å². The fraction of sp³-hybridized carbons (Fsp3) is 0.846. The van der Waals surface area contributed by atoms with E-state index in [2.05, 4.69) is 25.7 Å². The first-order chi connectivity index (χ1) is 7.02. The summed E-state index contributed by atoms with van der Waals surface area (Å²) in [5.41, 5.74) is 1.84. The molecule has 0 unspecified atom stereocenters. The van der Waals surface area contributed by atoms with E-state index < -0.39 is 8.32 Å². The summed E-state index contributed by atoms with van der Waals surface area (Å²) in [6.07, 6.45) is 11.7. The first kappa shape index (κ1) is 11.4. The van der Waals surface area contributed by atoms with E-state index in [0.717, 1.165) is 0 Å². The zero-order valence-electron chi connectivity index (χ0n) is 10.4. The Balaban J connectivity index is 2.10. The molecule has 1 fully saturated rings. The minimum atomic E-state index is -1.39. The van der Waals surface area contributed by atoms with Crippen molar-refractivity contribution in [2.24, 2.45) is 0 Å². The van der Waals surface area contributed by atoms with Crippen molar-refractivity contribution >= 4 is 8.32 Å². The lowest BCUT2D eigenvalue weighted by molar-refractivity contribution is 0.0165. The van der Waals surface area contributed by atoms with Crippen LogP contribution in [-0.4, -0.2) is 13.9 Å². The maximum Gasteiger partial charge on any atom is 0.184 e. The van der Waals surface area contributed by atoms with Crippen molar-refractivity contribution < 1.29 is 4.43 Å². The van der Waals surface area contributed by atoms with E-state index in [1.165, 1.54) is 44.9 Å². The zero-order valence-corrected chi connectivity index (χ0v) is 11.4. The third-order valence-electron chi connectivity index (χ3n) is 3.54. The Hall–Kier alpha value is -0.0831. The lowest BCUT2D eigenvalue weighted by atomic mass is 9.72. The molecule has 0 saturated heterocycles. The van der Waals surface area contributed by atoms with Gasteiger partial charge in [0.1, 0.15) is 0 Å². The van der Waals surface area contributed by atoms with E-state index in [9.17, 15) is 0 Å². The van der Waals surface area contributed by atoms with Gasteiger partial charge >= 0.3 is 0 Å². The molecule has 0 atom stereocenters. The van der Waals surface area contributed by atoms with Crippen LogP contribution in [0.5, 0.6) is 0 Å². The molecular formula is C13H24OSi. The number of hydrogen-bond donors (Lipinski definition) is 0. The average Bonchev–Trinajstić information content (AvgIpc) is 2.11. The van der Waals surface area contributed by atoms with Crippen LogP contribution in [0.2, 0.25) is 19.6 Å². The van der Waals surface area contributed by atoms with Gasteiger partial charge in [0, 0.05) is 0 Å². The molecule has 0 N–H and O–H groups in total. The van der Waals surface area contributed by atoms with E-state index in [4.69, 9.17) is 4.43 Å². The quantitative estimate of drug-likeness (QED) is 0.514. The van der Waals surface area contributed by atoms with Gasteiger partial charge in [0.15, 0.2) is 8.32 Å². The Morgan fingerprint density at radius 3 is 2.27 bits per heavy atom. The van der Waals surface area contributed by atoms with E-state index in [1.807, 2.05) is 0 Å². The molecule has 0 aromatic heterocycles. The van der Waals surface area contributed by atoms with Crippen molar-refractivity contribution in [2.75, 3.05) is 0 Å². The fourth-order valence-corrected chi connectivity index (χ4v) is 4.33. The normalized spacial score (nSPS) is 25.7. The molecule has 15 heavy (non-hydrogen) atoms. The van der Waals surface area contributed by atoms with E-state index >= 15 is 0 Å². The smallest absolute Gasteiger partial charge is 0.184 e. The second-order valence-corrected chi connectivity index (χ2v) is 10.5. The first-order valence-electron chi connectivity index (χ1n) is 6.42. The zero-order chi connectivity index (χ0) is 10.9. The second kappa shape index (κ2) is 4.06.